The molecule has 0 radical (unpaired) electrons. The molecule has 0 aliphatic heterocycles. The van der Waals surface area contributed by atoms with Crippen molar-refractivity contribution >= 4 is 17.5 Å². The van der Waals surface area contributed by atoms with Gasteiger partial charge in [0.15, 0.2) is 0 Å². The predicted octanol–water partition coefficient (Wildman–Crippen LogP) is 3.46. The molecule has 2 rings (SSSR count). The Bertz CT molecular complexity index is 628. The molecule has 2 aromatic carbocycles. The van der Waals surface area contributed by atoms with Gasteiger partial charge in [0.25, 0.3) is 5.91 Å². The second-order valence-electron chi connectivity index (χ2n) is 5.01. The van der Waals surface area contributed by atoms with E-state index in [1.165, 1.54) is 4.90 Å². The van der Waals surface area contributed by atoms with Crippen molar-refractivity contribution in [3.8, 4) is 11.1 Å². The number of halogens is 1. The summed E-state index contributed by atoms with van der Waals surface area (Å²) in [4.78, 5) is 14.0. The molecule has 0 heterocycles. The van der Waals surface area contributed by atoms with Crippen molar-refractivity contribution in [1.29, 1.82) is 0 Å². The van der Waals surface area contributed by atoms with Crippen molar-refractivity contribution in [2.75, 3.05) is 13.7 Å². The molecule has 0 bridgehead atoms. The number of aliphatic hydroxyl groups is 1. The highest BCUT2D eigenvalue weighted by molar-refractivity contribution is 6.34. The van der Waals surface area contributed by atoms with Crippen LogP contribution in [-0.4, -0.2) is 35.6 Å². The molecule has 1 atom stereocenters. The van der Waals surface area contributed by atoms with Gasteiger partial charge in [0.2, 0.25) is 0 Å². The van der Waals surface area contributed by atoms with Gasteiger partial charge in [0.1, 0.15) is 0 Å². The molecule has 110 valence electrons. The third-order valence-electron chi connectivity index (χ3n) is 3.55. The van der Waals surface area contributed by atoms with E-state index in [9.17, 15) is 9.90 Å². The molecule has 3 nitrogen and oxygen atoms in total. The van der Waals surface area contributed by atoms with Crippen molar-refractivity contribution in [3.63, 3.8) is 0 Å². The highest BCUT2D eigenvalue weighted by atomic mass is 35.5. The fourth-order valence-electron chi connectivity index (χ4n) is 2.01. The van der Waals surface area contributed by atoms with Crippen molar-refractivity contribution < 1.29 is 9.90 Å². The molecule has 0 aromatic heterocycles. The van der Waals surface area contributed by atoms with Gasteiger partial charge in [-0.2, -0.15) is 0 Å². The zero-order valence-corrected chi connectivity index (χ0v) is 12.8. The molecule has 1 N–H and O–H groups in total. The van der Waals surface area contributed by atoms with Crippen LogP contribution in [0.15, 0.2) is 48.5 Å². The summed E-state index contributed by atoms with van der Waals surface area (Å²) in [5.41, 5.74) is 2.41. The number of nitrogens with zero attached hydrogens (tertiary/aromatic N) is 1. The first-order valence-corrected chi connectivity index (χ1v) is 7.15. The number of likely N-dealkylation sites (N-methyl/N-ethyl adjacent to an activating group) is 1. The van der Waals surface area contributed by atoms with Crippen LogP contribution in [0.5, 0.6) is 0 Å². The van der Waals surface area contributed by atoms with Gasteiger partial charge >= 0.3 is 0 Å². The second kappa shape index (κ2) is 6.74. The fraction of sp³-hybridized carbons (Fsp3) is 0.235. The molecule has 0 fully saturated rings. The number of rotatable bonds is 4. The monoisotopic (exact) mass is 303 g/mol. The molecule has 0 aliphatic rings. The number of hydrogen-bond donors (Lipinski definition) is 1. The Balaban J connectivity index is 2.38. The molecule has 0 aliphatic carbocycles. The summed E-state index contributed by atoms with van der Waals surface area (Å²) in [6.45, 7) is 1.70. The Kier molecular flexibility index (Phi) is 4.99. The van der Waals surface area contributed by atoms with Gasteiger partial charge in [-0.05, 0) is 30.2 Å². The van der Waals surface area contributed by atoms with Gasteiger partial charge in [-0.1, -0.05) is 48.0 Å². The molecule has 1 unspecified atom stereocenters. The smallest absolute Gasteiger partial charge is 0.255 e. The minimum absolute atomic E-state index is 0.0851. The summed E-state index contributed by atoms with van der Waals surface area (Å²) in [5.74, 6) is -0.195. The summed E-state index contributed by atoms with van der Waals surface area (Å²) >= 11 is 6.16. The molecular formula is C17H18ClNO2. The quantitative estimate of drug-likeness (QED) is 0.939. The number of amides is 1. The maximum Gasteiger partial charge on any atom is 0.255 e. The first-order valence-electron chi connectivity index (χ1n) is 6.77. The predicted molar refractivity (Wildman–Crippen MR) is 85.5 cm³/mol. The summed E-state index contributed by atoms with van der Waals surface area (Å²) in [6.07, 6.45) is 0. The standard InChI is InChI=1S/C17H18ClNO2/c1-12(11-20)19(2)17(21)15-10-14(8-9-16(15)18)13-6-4-3-5-7-13/h3-10,12,20H,11H2,1-2H3. The highest BCUT2D eigenvalue weighted by Gasteiger charge is 2.19. The van der Waals surface area contributed by atoms with Crippen molar-refractivity contribution in [2.24, 2.45) is 0 Å². The largest absolute Gasteiger partial charge is 0.394 e. The van der Waals surface area contributed by atoms with Gasteiger partial charge in [-0.25, -0.2) is 0 Å². The molecule has 0 saturated carbocycles. The summed E-state index contributed by atoms with van der Waals surface area (Å²) in [6, 6.07) is 15.0. The average molecular weight is 304 g/mol. The van der Waals surface area contributed by atoms with E-state index in [-0.39, 0.29) is 18.6 Å². The average Bonchev–Trinajstić information content (AvgIpc) is 2.54. The van der Waals surface area contributed by atoms with Gasteiger partial charge in [0, 0.05) is 7.05 Å². The van der Waals surface area contributed by atoms with Crippen LogP contribution in [0.3, 0.4) is 0 Å². The Morgan fingerprint density at radius 2 is 1.86 bits per heavy atom. The lowest BCUT2D eigenvalue weighted by Crippen LogP contribution is -2.37. The normalized spacial score (nSPS) is 12.0. The topological polar surface area (TPSA) is 40.5 Å². The number of benzene rings is 2. The van der Waals surface area contributed by atoms with Crippen LogP contribution in [-0.2, 0) is 0 Å². The number of hydrogen-bond acceptors (Lipinski definition) is 2. The molecule has 1 amide bonds. The van der Waals surface area contributed by atoms with E-state index in [0.29, 0.717) is 10.6 Å². The molecule has 21 heavy (non-hydrogen) atoms. The van der Waals surface area contributed by atoms with Crippen LogP contribution < -0.4 is 0 Å². The first kappa shape index (κ1) is 15.5. The van der Waals surface area contributed by atoms with E-state index in [4.69, 9.17) is 11.6 Å². The van der Waals surface area contributed by atoms with Gasteiger partial charge in [0.05, 0.1) is 23.2 Å². The third kappa shape index (κ3) is 3.43. The van der Waals surface area contributed by atoms with Crippen LogP contribution in [0.1, 0.15) is 17.3 Å². The molecule has 2 aromatic rings. The lowest BCUT2D eigenvalue weighted by molar-refractivity contribution is 0.0682. The van der Waals surface area contributed by atoms with Gasteiger partial charge in [-0.15, -0.1) is 0 Å². The van der Waals surface area contributed by atoms with E-state index in [0.717, 1.165) is 11.1 Å². The lowest BCUT2D eigenvalue weighted by atomic mass is 10.0. The molecular weight excluding hydrogens is 286 g/mol. The number of carbonyl (C=O) groups is 1. The lowest BCUT2D eigenvalue weighted by Gasteiger charge is -2.23. The first-order chi connectivity index (χ1) is 10.0. The Morgan fingerprint density at radius 1 is 1.19 bits per heavy atom. The number of carbonyl (C=O) groups excluding carboxylic acids is 1. The van der Waals surface area contributed by atoms with E-state index < -0.39 is 0 Å². The van der Waals surface area contributed by atoms with Crippen molar-refractivity contribution in [2.45, 2.75) is 13.0 Å². The Morgan fingerprint density at radius 3 is 2.48 bits per heavy atom. The minimum Gasteiger partial charge on any atom is -0.394 e. The molecule has 0 spiro atoms. The van der Waals surface area contributed by atoms with E-state index >= 15 is 0 Å². The van der Waals surface area contributed by atoms with E-state index in [1.54, 1.807) is 26.1 Å². The summed E-state index contributed by atoms with van der Waals surface area (Å²) < 4.78 is 0. The van der Waals surface area contributed by atoms with E-state index in [2.05, 4.69) is 0 Å². The van der Waals surface area contributed by atoms with Gasteiger partial charge < -0.3 is 10.0 Å². The van der Waals surface area contributed by atoms with E-state index in [1.807, 2.05) is 36.4 Å². The van der Waals surface area contributed by atoms with Crippen molar-refractivity contribution in [1.82, 2.24) is 4.90 Å². The SMILES string of the molecule is CC(CO)N(C)C(=O)c1cc(-c2ccccc2)ccc1Cl. The number of aliphatic hydroxyl groups excluding tert-OH is 1. The zero-order chi connectivity index (χ0) is 15.4. The zero-order valence-electron chi connectivity index (χ0n) is 12.1. The molecule has 0 saturated heterocycles. The van der Waals surface area contributed by atoms with Crippen LogP contribution in [0.25, 0.3) is 11.1 Å². The highest BCUT2D eigenvalue weighted by Crippen LogP contribution is 2.26. The minimum atomic E-state index is -0.256. The van der Waals surface area contributed by atoms with Crippen LogP contribution >= 0.6 is 11.6 Å². The fourth-order valence-corrected chi connectivity index (χ4v) is 2.21. The summed E-state index contributed by atoms with van der Waals surface area (Å²) in [7, 11) is 1.66. The summed E-state index contributed by atoms with van der Waals surface area (Å²) in [5, 5.41) is 9.59. The maximum atomic E-state index is 12.5. The van der Waals surface area contributed by atoms with Crippen molar-refractivity contribution in [3.05, 3.63) is 59.1 Å². The molecule has 4 heteroatoms. The maximum absolute atomic E-state index is 12.5. The Hall–Kier alpha value is -1.84. The van der Waals surface area contributed by atoms with Crippen LogP contribution in [0.2, 0.25) is 5.02 Å². The Labute approximate surface area is 129 Å². The van der Waals surface area contributed by atoms with Crippen LogP contribution in [0.4, 0.5) is 0 Å². The third-order valence-corrected chi connectivity index (χ3v) is 3.88. The second-order valence-corrected chi connectivity index (χ2v) is 5.42. The van der Waals surface area contributed by atoms with Crippen LogP contribution in [0, 0.1) is 0 Å². The van der Waals surface area contributed by atoms with Gasteiger partial charge in [-0.3, -0.25) is 4.79 Å².